The van der Waals surface area contributed by atoms with Crippen molar-refractivity contribution in [1.29, 1.82) is 0 Å². The standard InChI is InChI=1S/C11H26N2/c1-5-8-10-13(11-9-6-2)12(4)7-3/h5-11H2,1-4H3. The molecule has 0 aliphatic heterocycles. The first-order chi connectivity index (χ1) is 6.26. The van der Waals surface area contributed by atoms with Crippen molar-refractivity contribution in [2.24, 2.45) is 0 Å². The van der Waals surface area contributed by atoms with Gasteiger partial charge in [0, 0.05) is 26.7 Å². The molecule has 0 fully saturated rings. The quantitative estimate of drug-likeness (QED) is 0.538. The van der Waals surface area contributed by atoms with Crippen LogP contribution < -0.4 is 0 Å². The predicted octanol–water partition coefficient (Wildman–Crippen LogP) is 2.76. The minimum atomic E-state index is 1.12. The van der Waals surface area contributed by atoms with Crippen molar-refractivity contribution in [3.63, 3.8) is 0 Å². The maximum Gasteiger partial charge on any atom is 0.0133 e. The molecule has 2 nitrogen and oxygen atoms in total. The molecule has 0 saturated heterocycles. The lowest BCUT2D eigenvalue weighted by atomic mass is 10.3. The van der Waals surface area contributed by atoms with Crippen LogP contribution in [0.15, 0.2) is 0 Å². The highest BCUT2D eigenvalue weighted by Gasteiger charge is 2.07. The number of hydrazine groups is 1. The van der Waals surface area contributed by atoms with Gasteiger partial charge in [-0.2, -0.15) is 0 Å². The highest BCUT2D eigenvalue weighted by molar-refractivity contribution is 4.53. The molecule has 0 rings (SSSR count). The van der Waals surface area contributed by atoms with E-state index in [1.165, 1.54) is 38.8 Å². The van der Waals surface area contributed by atoms with Crippen LogP contribution in [0.25, 0.3) is 0 Å². The Balaban J connectivity index is 3.72. The Kier molecular flexibility index (Phi) is 8.46. The lowest BCUT2D eigenvalue weighted by Crippen LogP contribution is -2.40. The molecule has 0 aliphatic rings. The van der Waals surface area contributed by atoms with E-state index in [9.17, 15) is 0 Å². The summed E-state index contributed by atoms with van der Waals surface area (Å²) in [7, 11) is 2.19. The van der Waals surface area contributed by atoms with Crippen molar-refractivity contribution in [1.82, 2.24) is 10.0 Å². The van der Waals surface area contributed by atoms with Crippen LogP contribution in [0, 0.1) is 0 Å². The highest BCUT2D eigenvalue weighted by atomic mass is 15.6. The fraction of sp³-hybridized carbons (Fsp3) is 1.00. The molecule has 0 saturated carbocycles. The van der Waals surface area contributed by atoms with Gasteiger partial charge in [0.05, 0.1) is 0 Å². The Morgan fingerprint density at radius 1 is 0.846 bits per heavy atom. The second-order valence-electron chi connectivity index (χ2n) is 3.63. The summed E-state index contributed by atoms with van der Waals surface area (Å²) >= 11 is 0. The van der Waals surface area contributed by atoms with E-state index in [4.69, 9.17) is 0 Å². The maximum absolute atomic E-state index is 2.48. The summed E-state index contributed by atoms with van der Waals surface area (Å²) in [6, 6.07) is 0. The van der Waals surface area contributed by atoms with E-state index in [2.05, 4.69) is 37.8 Å². The molecular formula is C11H26N2. The van der Waals surface area contributed by atoms with Gasteiger partial charge in [-0.25, -0.2) is 10.0 Å². The van der Waals surface area contributed by atoms with E-state index < -0.39 is 0 Å². The summed E-state index contributed by atoms with van der Waals surface area (Å²) < 4.78 is 0. The molecule has 2 heteroatoms. The molecule has 0 aromatic heterocycles. The molecule has 0 unspecified atom stereocenters. The summed E-state index contributed by atoms with van der Waals surface area (Å²) in [5.74, 6) is 0. The number of unbranched alkanes of at least 4 members (excludes halogenated alkanes) is 2. The van der Waals surface area contributed by atoms with Crippen molar-refractivity contribution in [3.8, 4) is 0 Å². The molecule has 0 amide bonds. The number of nitrogens with zero attached hydrogens (tertiary/aromatic N) is 2. The van der Waals surface area contributed by atoms with Gasteiger partial charge in [-0.1, -0.05) is 33.6 Å². The first-order valence-corrected chi connectivity index (χ1v) is 5.72. The molecule has 13 heavy (non-hydrogen) atoms. The largest absolute Gasteiger partial charge is 0.245 e. The van der Waals surface area contributed by atoms with Crippen LogP contribution in [0.3, 0.4) is 0 Å². The average molecular weight is 186 g/mol. The summed E-state index contributed by atoms with van der Waals surface area (Å²) in [4.78, 5) is 0. The topological polar surface area (TPSA) is 6.48 Å². The summed E-state index contributed by atoms with van der Waals surface area (Å²) in [6.45, 7) is 10.3. The summed E-state index contributed by atoms with van der Waals surface area (Å²) in [6.07, 6.45) is 5.21. The van der Waals surface area contributed by atoms with Crippen LogP contribution in [0.5, 0.6) is 0 Å². The van der Waals surface area contributed by atoms with E-state index in [0.29, 0.717) is 0 Å². The smallest absolute Gasteiger partial charge is 0.0133 e. The van der Waals surface area contributed by atoms with Gasteiger partial charge in [-0.05, 0) is 12.8 Å². The molecule has 0 aliphatic carbocycles. The third kappa shape index (κ3) is 6.05. The van der Waals surface area contributed by atoms with E-state index >= 15 is 0 Å². The average Bonchev–Trinajstić information content (AvgIpc) is 2.17. The zero-order valence-corrected chi connectivity index (χ0v) is 9.84. The SMILES string of the molecule is CCCCN(CCCC)N(C)CC. The van der Waals surface area contributed by atoms with Crippen molar-refractivity contribution in [3.05, 3.63) is 0 Å². The van der Waals surface area contributed by atoms with Gasteiger partial charge < -0.3 is 0 Å². The minimum Gasteiger partial charge on any atom is -0.245 e. The van der Waals surface area contributed by atoms with Crippen molar-refractivity contribution in [2.45, 2.75) is 46.5 Å². The molecule has 0 heterocycles. The number of hydrogen-bond acceptors (Lipinski definition) is 2. The van der Waals surface area contributed by atoms with Gasteiger partial charge in [-0.15, -0.1) is 0 Å². The van der Waals surface area contributed by atoms with Crippen LogP contribution in [-0.2, 0) is 0 Å². The third-order valence-corrected chi connectivity index (χ3v) is 2.48. The second kappa shape index (κ2) is 8.52. The van der Waals surface area contributed by atoms with E-state index in [1.807, 2.05) is 0 Å². The first-order valence-electron chi connectivity index (χ1n) is 5.72. The fourth-order valence-corrected chi connectivity index (χ4v) is 1.33. The van der Waals surface area contributed by atoms with Gasteiger partial charge in [0.25, 0.3) is 0 Å². The lowest BCUT2D eigenvalue weighted by Gasteiger charge is -2.31. The fourth-order valence-electron chi connectivity index (χ4n) is 1.33. The first kappa shape index (κ1) is 12.9. The molecule has 0 N–H and O–H groups in total. The van der Waals surface area contributed by atoms with Crippen molar-refractivity contribution >= 4 is 0 Å². The summed E-state index contributed by atoms with van der Waals surface area (Å²) in [5, 5.41) is 4.82. The van der Waals surface area contributed by atoms with Crippen LogP contribution in [-0.4, -0.2) is 36.7 Å². The molecular weight excluding hydrogens is 160 g/mol. The predicted molar refractivity (Wildman–Crippen MR) is 59.7 cm³/mol. The lowest BCUT2D eigenvalue weighted by molar-refractivity contribution is 0.00197. The van der Waals surface area contributed by atoms with Gasteiger partial charge in [0.15, 0.2) is 0 Å². The van der Waals surface area contributed by atoms with Crippen molar-refractivity contribution in [2.75, 3.05) is 26.7 Å². The Morgan fingerprint density at radius 3 is 1.62 bits per heavy atom. The van der Waals surface area contributed by atoms with Crippen LogP contribution >= 0.6 is 0 Å². The Bertz CT molecular complexity index is 96.3. The van der Waals surface area contributed by atoms with Gasteiger partial charge in [0.1, 0.15) is 0 Å². The Labute approximate surface area is 83.9 Å². The van der Waals surface area contributed by atoms with E-state index in [1.54, 1.807) is 0 Å². The normalized spacial score (nSPS) is 11.5. The van der Waals surface area contributed by atoms with Gasteiger partial charge in [-0.3, -0.25) is 0 Å². The molecule has 0 radical (unpaired) electrons. The molecule has 0 aromatic rings. The number of rotatable bonds is 8. The summed E-state index contributed by atoms with van der Waals surface area (Å²) in [5.41, 5.74) is 0. The zero-order valence-electron chi connectivity index (χ0n) is 9.84. The molecule has 0 atom stereocenters. The molecule has 0 spiro atoms. The van der Waals surface area contributed by atoms with Crippen LogP contribution in [0.4, 0.5) is 0 Å². The van der Waals surface area contributed by atoms with E-state index in [-0.39, 0.29) is 0 Å². The number of hydrogen-bond donors (Lipinski definition) is 0. The van der Waals surface area contributed by atoms with Gasteiger partial charge >= 0.3 is 0 Å². The molecule has 0 bridgehead atoms. The van der Waals surface area contributed by atoms with E-state index in [0.717, 1.165) is 6.54 Å². The highest BCUT2D eigenvalue weighted by Crippen LogP contribution is 2.01. The molecule has 0 aromatic carbocycles. The molecule has 80 valence electrons. The maximum atomic E-state index is 2.48. The Morgan fingerprint density at radius 2 is 1.31 bits per heavy atom. The van der Waals surface area contributed by atoms with Crippen molar-refractivity contribution < 1.29 is 0 Å². The zero-order chi connectivity index (χ0) is 10.1. The van der Waals surface area contributed by atoms with Crippen LogP contribution in [0.1, 0.15) is 46.5 Å². The van der Waals surface area contributed by atoms with Crippen LogP contribution in [0.2, 0.25) is 0 Å². The second-order valence-corrected chi connectivity index (χ2v) is 3.63. The third-order valence-electron chi connectivity index (χ3n) is 2.48. The monoisotopic (exact) mass is 186 g/mol. The minimum absolute atomic E-state index is 1.12. The Hall–Kier alpha value is -0.0800. The van der Waals surface area contributed by atoms with Gasteiger partial charge in [0.2, 0.25) is 0 Å².